The van der Waals surface area contributed by atoms with E-state index >= 15 is 0 Å². The second kappa shape index (κ2) is 10.6. The van der Waals surface area contributed by atoms with Crippen LogP contribution in [0.25, 0.3) is 0 Å². The third-order valence-corrected chi connectivity index (χ3v) is 7.10. The maximum Gasteiger partial charge on any atom is 0.266 e. The highest BCUT2D eigenvalue weighted by Crippen LogP contribution is 2.49. The molecule has 2 fully saturated rings. The van der Waals surface area contributed by atoms with Crippen LogP contribution < -0.4 is 19.4 Å². The van der Waals surface area contributed by atoms with Gasteiger partial charge in [-0.1, -0.05) is 54.4 Å². The Morgan fingerprint density at radius 2 is 1.62 bits per heavy atom. The molecule has 0 spiro atoms. The molecule has 2 heterocycles. The van der Waals surface area contributed by atoms with Gasteiger partial charge in [0.15, 0.2) is 17.6 Å². The number of carbonyl (C=O) groups is 2. The first kappa shape index (κ1) is 25.4. The standard InChI is InChI=1S/C28H26Cl2N2O5/c1-3-14-36-22-13-10-17(15-23(22)35-4-2)25-24-26(37-32(25)18-8-6-5-7-9-18)28(34)31(27(24)33)19-11-12-20(29)21(30)16-19/h5-13,15-16,24-26H,3-4,14H2,1-2H3/t24-,25-,26-/m0/s1. The number of para-hydroxylation sites is 1. The van der Waals surface area contributed by atoms with Crippen molar-refractivity contribution in [3.8, 4) is 11.5 Å². The number of anilines is 2. The summed E-state index contributed by atoms with van der Waals surface area (Å²) in [6.45, 7) is 4.93. The van der Waals surface area contributed by atoms with Crippen LogP contribution in [-0.2, 0) is 14.4 Å². The Balaban J connectivity index is 1.57. The van der Waals surface area contributed by atoms with Crippen LogP contribution in [-0.4, -0.2) is 31.1 Å². The Morgan fingerprint density at radius 3 is 2.32 bits per heavy atom. The monoisotopic (exact) mass is 540 g/mol. The number of imide groups is 1. The van der Waals surface area contributed by atoms with Crippen molar-refractivity contribution in [2.24, 2.45) is 5.92 Å². The molecule has 3 aromatic carbocycles. The van der Waals surface area contributed by atoms with Gasteiger partial charge < -0.3 is 9.47 Å². The Morgan fingerprint density at radius 1 is 0.838 bits per heavy atom. The van der Waals surface area contributed by atoms with Gasteiger partial charge in [-0.3, -0.25) is 14.4 Å². The zero-order valence-corrected chi connectivity index (χ0v) is 21.9. The molecular formula is C28H26Cl2N2O5. The number of rotatable bonds is 8. The largest absolute Gasteiger partial charge is 0.490 e. The van der Waals surface area contributed by atoms with Crippen LogP contribution in [0.3, 0.4) is 0 Å². The van der Waals surface area contributed by atoms with Gasteiger partial charge in [0.05, 0.1) is 40.7 Å². The molecule has 0 bridgehead atoms. The number of fused-ring (bicyclic) bond motifs is 1. The van der Waals surface area contributed by atoms with Crippen molar-refractivity contribution in [1.82, 2.24) is 0 Å². The van der Waals surface area contributed by atoms with Gasteiger partial charge in [-0.2, -0.15) is 0 Å². The average Bonchev–Trinajstić information content (AvgIpc) is 3.41. The minimum Gasteiger partial charge on any atom is -0.490 e. The van der Waals surface area contributed by atoms with E-state index in [-0.39, 0.29) is 10.9 Å². The van der Waals surface area contributed by atoms with Crippen molar-refractivity contribution in [1.29, 1.82) is 0 Å². The molecule has 2 aliphatic rings. The number of carbonyl (C=O) groups excluding carboxylic acids is 2. The molecule has 0 saturated carbocycles. The molecule has 0 unspecified atom stereocenters. The van der Waals surface area contributed by atoms with Gasteiger partial charge in [0, 0.05) is 0 Å². The Labute approximate surface area is 225 Å². The summed E-state index contributed by atoms with van der Waals surface area (Å²) >= 11 is 12.2. The topological polar surface area (TPSA) is 68.3 Å². The van der Waals surface area contributed by atoms with Crippen molar-refractivity contribution < 1.29 is 23.9 Å². The van der Waals surface area contributed by atoms with Gasteiger partial charge in [0.2, 0.25) is 5.91 Å². The molecule has 0 N–H and O–H groups in total. The first-order valence-electron chi connectivity index (χ1n) is 12.2. The minimum absolute atomic E-state index is 0.254. The van der Waals surface area contributed by atoms with E-state index in [1.165, 1.54) is 6.07 Å². The lowest BCUT2D eigenvalue weighted by Gasteiger charge is -2.29. The van der Waals surface area contributed by atoms with E-state index < -0.39 is 24.0 Å². The van der Waals surface area contributed by atoms with Gasteiger partial charge in [-0.25, -0.2) is 9.96 Å². The highest BCUT2D eigenvalue weighted by atomic mass is 35.5. The van der Waals surface area contributed by atoms with Crippen molar-refractivity contribution in [2.45, 2.75) is 32.4 Å². The normalized spacial score (nSPS) is 20.9. The van der Waals surface area contributed by atoms with E-state index in [1.54, 1.807) is 17.2 Å². The zero-order chi connectivity index (χ0) is 26.1. The van der Waals surface area contributed by atoms with Crippen LogP contribution in [0.1, 0.15) is 31.9 Å². The van der Waals surface area contributed by atoms with Crippen molar-refractivity contribution >= 4 is 46.4 Å². The summed E-state index contributed by atoms with van der Waals surface area (Å²) in [5.41, 5.74) is 1.85. The first-order chi connectivity index (χ1) is 17.9. The highest BCUT2D eigenvalue weighted by Gasteiger charge is 2.60. The van der Waals surface area contributed by atoms with Crippen LogP contribution in [0, 0.1) is 5.92 Å². The Hall–Kier alpha value is -3.26. The van der Waals surface area contributed by atoms with Gasteiger partial charge >= 0.3 is 0 Å². The average molecular weight is 541 g/mol. The molecule has 5 rings (SSSR count). The van der Waals surface area contributed by atoms with Crippen molar-refractivity contribution in [2.75, 3.05) is 23.2 Å². The van der Waals surface area contributed by atoms with Gasteiger partial charge in [0.25, 0.3) is 5.91 Å². The SMILES string of the molecule is CCCOc1ccc([C@H]2[C@@H]3C(=O)N(c4ccc(Cl)c(Cl)c4)C(=O)[C@H]3ON2c2ccccc2)cc1OCC. The summed E-state index contributed by atoms with van der Waals surface area (Å²) in [6.07, 6.45) is -0.144. The highest BCUT2D eigenvalue weighted by molar-refractivity contribution is 6.42. The maximum atomic E-state index is 13.8. The molecule has 7 nitrogen and oxygen atoms in total. The number of ether oxygens (including phenoxy) is 2. The van der Waals surface area contributed by atoms with Crippen LogP contribution in [0.5, 0.6) is 11.5 Å². The third-order valence-electron chi connectivity index (χ3n) is 6.36. The summed E-state index contributed by atoms with van der Waals surface area (Å²) in [5.74, 6) is -0.423. The van der Waals surface area contributed by atoms with Gasteiger partial charge in [-0.15, -0.1) is 0 Å². The number of halogens is 2. The third kappa shape index (κ3) is 4.63. The Bertz CT molecular complexity index is 1320. The van der Waals surface area contributed by atoms with Gasteiger partial charge in [0.1, 0.15) is 5.92 Å². The minimum atomic E-state index is -1.00. The molecule has 2 aliphatic heterocycles. The maximum absolute atomic E-state index is 13.8. The number of benzene rings is 3. The zero-order valence-electron chi connectivity index (χ0n) is 20.4. The number of hydrogen-bond acceptors (Lipinski definition) is 6. The summed E-state index contributed by atoms with van der Waals surface area (Å²) in [5, 5.41) is 2.24. The van der Waals surface area contributed by atoms with Crippen molar-refractivity contribution in [3.63, 3.8) is 0 Å². The van der Waals surface area contributed by atoms with Crippen LogP contribution in [0.2, 0.25) is 10.0 Å². The molecule has 0 radical (unpaired) electrons. The van der Waals surface area contributed by atoms with E-state index in [0.717, 1.165) is 22.6 Å². The lowest BCUT2D eigenvalue weighted by atomic mass is 9.90. The summed E-state index contributed by atoms with van der Waals surface area (Å²) < 4.78 is 11.7. The fraction of sp³-hybridized carbons (Fsp3) is 0.286. The van der Waals surface area contributed by atoms with Crippen LogP contribution in [0.15, 0.2) is 66.7 Å². The predicted molar refractivity (Wildman–Crippen MR) is 142 cm³/mol. The molecule has 3 atom stereocenters. The van der Waals surface area contributed by atoms with Crippen LogP contribution >= 0.6 is 23.2 Å². The van der Waals surface area contributed by atoms with E-state index in [9.17, 15) is 9.59 Å². The second-order valence-electron chi connectivity index (χ2n) is 8.76. The predicted octanol–water partition coefficient (Wildman–Crippen LogP) is 6.23. The van der Waals surface area contributed by atoms with Crippen LogP contribution in [0.4, 0.5) is 11.4 Å². The quantitative estimate of drug-likeness (QED) is 0.315. The molecule has 2 amide bonds. The fourth-order valence-electron chi connectivity index (χ4n) is 4.74. The molecule has 3 aromatic rings. The van der Waals surface area contributed by atoms with Crippen molar-refractivity contribution in [3.05, 3.63) is 82.3 Å². The Kier molecular flexibility index (Phi) is 7.29. The smallest absolute Gasteiger partial charge is 0.266 e. The molecule has 37 heavy (non-hydrogen) atoms. The first-order valence-corrected chi connectivity index (χ1v) is 12.9. The summed E-state index contributed by atoms with van der Waals surface area (Å²) in [6, 6.07) is 19.1. The molecule has 192 valence electrons. The fourth-order valence-corrected chi connectivity index (χ4v) is 5.03. The molecule has 9 heteroatoms. The van der Waals surface area contributed by atoms with E-state index in [2.05, 4.69) is 0 Å². The molecular weight excluding hydrogens is 515 g/mol. The number of nitrogens with zero attached hydrogens (tertiary/aromatic N) is 2. The summed E-state index contributed by atoms with van der Waals surface area (Å²) in [4.78, 5) is 34.7. The molecule has 0 aliphatic carbocycles. The van der Waals surface area contributed by atoms with Gasteiger partial charge in [-0.05, 0) is 61.4 Å². The number of hydrogen-bond donors (Lipinski definition) is 0. The lowest BCUT2D eigenvalue weighted by Crippen LogP contribution is -2.37. The second-order valence-corrected chi connectivity index (χ2v) is 9.57. The summed E-state index contributed by atoms with van der Waals surface area (Å²) in [7, 11) is 0. The van der Waals surface area contributed by atoms with E-state index in [4.69, 9.17) is 37.5 Å². The lowest BCUT2D eigenvalue weighted by molar-refractivity contribution is -0.126. The number of amides is 2. The van der Waals surface area contributed by atoms with E-state index in [0.29, 0.717) is 35.4 Å². The molecule has 0 aromatic heterocycles. The van der Waals surface area contributed by atoms with E-state index in [1.807, 2.05) is 62.4 Å². The molecule has 2 saturated heterocycles. The number of hydroxylamine groups is 1.